The summed E-state index contributed by atoms with van der Waals surface area (Å²) in [6.45, 7) is 9.72. The maximum atomic E-state index is 3.86. The van der Waals surface area contributed by atoms with Crippen LogP contribution in [0.2, 0.25) is 13.1 Å². The van der Waals surface area contributed by atoms with Gasteiger partial charge in [-0.2, -0.15) is 0 Å². The van der Waals surface area contributed by atoms with Gasteiger partial charge < -0.3 is 9.80 Å². The average Bonchev–Trinajstić information content (AvgIpc) is 2.64. The molecule has 0 aliphatic carbocycles. The third-order valence-corrected chi connectivity index (χ3v) is 9.10. The van der Waals surface area contributed by atoms with E-state index in [-0.39, 0.29) is 0 Å². The molecule has 0 radical (unpaired) electrons. The van der Waals surface area contributed by atoms with Crippen molar-refractivity contribution in [1.82, 2.24) is 0 Å². The zero-order chi connectivity index (χ0) is 19.8. The quantitative estimate of drug-likeness (QED) is 0.483. The van der Waals surface area contributed by atoms with E-state index in [0.29, 0.717) is 0 Å². The zero-order valence-electron chi connectivity index (χ0n) is 17.6. The summed E-state index contributed by atoms with van der Waals surface area (Å²) in [6, 6.07) is 13.9. The van der Waals surface area contributed by atoms with Gasteiger partial charge in [0.05, 0.1) is 0 Å². The van der Waals surface area contributed by atoms with Crippen molar-refractivity contribution in [3.8, 4) is 0 Å². The third-order valence-electron chi connectivity index (χ3n) is 5.57. The molecule has 0 unspecified atom stereocenters. The molecule has 2 aromatic carbocycles. The van der Waals surface area contributed by atoms with E-state index < -0.39 is 8.07 Å². The molecule has 142 valence electrons. The first kappa shape index (κ1) is 19.4. The normalized spacial score (nSPS) is 14.2. The maximum Gasteiger partial charge on any atom is 0.212 e. The van der Waals surface area contributed by atoms with Crippen LogP contribution in [0.4, 0.5) is 11.4 Å². The Bertz CT molecular complexity index is 831. The van der Waals surface area contributed by atoms with Crippen molar-refractivity contribution in [2.75, 3.05) is 44.5 Å². The Labute approximate surface area is 165 Å². The highest BCUT2D eigenvalue weighted by Crippen LogP contribution is 2.24. The lowest BCUT2D eigenvalue weighted by Crippen LogP contribution is -2.77. The number of nitrogens with zero attached hydrogens (tertiary/aromatic N) is 2. The van der Waals surface area contributed by atoms with Crippen LogP contribution >= 0.6 is 0 Å². The molecule has 1 aliphatic rings. The Hall–Kier alpha value is -2.33. The smallest absolute Gasteiger partial charge is 0.212 e. The molecule has 0 fully saturated rings. The van der Waals surface area contributed by atoms with Crippen LogP contribution in [0.25, 0.3) is 0 Å². The highest BCUT2D eigenvalue weighted by molar-refractivity contribution is 7.02. The van der Waals surface area contributed by atoms with Crippen LogP contribution in [0.15, 0.2) is 49.1 Å². The van der Waals surface area contributed by atoms with Crippen LogP contribution in [0, 0.1) is 0 Å². The fourth-order valence-electron chi connectivity index (χ4n) is 3.87. The van der Waals surface area contributed by atoms with Crippen molar-refractivity contribution in [3.63, 3.8) is 0 Å². The van der Waals surface area contributed by atoms with E-state index >= 15 is 0 Å². The molecule has 0 saturated carbocycles. The van der Waals surface area contributed by atoms with Gasteiger partial charge in [-0.25, -0.2) is 4.99 Å². The van der Waals surface area contributed by atoms with Crippen LogP contribution in [0.1, 0.15) is 17.5 Å². The average molecular weight is 379 g/mol. The zero-order valence-corrected chi connectivity index (χ0v) is 18.6. The predicted octanol–water partition coefficient (Wildman–Crippen LogP) is 1.45. The van der Waals surface area contributed by atoms with E-state index in [0.717, 1.165) is 13.0 Å². The summed E-state index contributed by atoms with van der Waals surface area (Å²) < 4.78 is 0. The summed E-state index contributed by atoms with van der Waals surface area (Å²) >= 11 is 0. The molecule has 1 N–H and O–H groups in total. The molecular formula is C23H32N3Si+. The Morgan fingerprint density at radius 1 is 0.889 bits per heavy atom. The van der Waals surface area contributed by atoms with Gasteiger partial charge in [0.2, 0.25) is 5.71 Å². The standard InChI is InChI=1S/C23H31N3Si/c1-8-9-14-24-23-19-12-10-17(25(2)3)15-21(19)27(6,7)22-16-18(26(4)5)11-13-20(22)23/h8,10-13,15-16H,1,9,14H2,2-7H3/p+1. The Morgan fingerprint density at radius 2 is 1.37 bits per heavy atom. The van der Waals surface area contributed by atoms with Crippen molar-refractivity contribution < 1.29 is 4.99 Å². The Balaban J connectivity index is 2.27. The summed E-state index contributed by atoms with van der Waals surface area (Å²) in [5, 5.41) is 3.02. The van der Waals surface area contributed by atoms with Gasteiger partial charge in [0, 0.05) is 57.1 Å². The van der Waals surface area contributed by atoms with Crippen molar-refractivity contribution in [2.45, 2.75) is 19.5 Å². The number of benzene rings is 2. The highest BCUT2D eigenvalue weighted by atomic mass is 28.3. The second-order valence-electron chi connectivity index (χ2n) is 8.25. The van der Waals surface area contributed by atoms with E-state index in [2.05, 4.69) is 99.1 Å². The lowest BCUT2D eigenvalue weighted by molar-refractivity contribution is -0.454. The minimum atomic E-state index is -1.81. The molecular weight excluding hydrogens is 346 g/mol. The van der Waals surface area contributed by atoms with Crippen molar-refractivity contribution in [2.24, 2.45) is 0 Å². The summed E-state index contributed by atoms with van der Waals surface area (Å²) in [4.78, 5) is 8.10. The second-order valence-corrected chi connectivity index (χ2v) is 12.6. The molecule has 0 atom stereocenters. The molecule has 0 saturated heterocycles. The van der Waals surface area contributed by atoms with Crippen molar-refractivity contribution in [3.05, 3.63) is 60.2 Å². The minimum absolute atomic E-state index is 0.907. The fourth-order valence-corrected chi connectivity index (χ4v) is 6.94. The lowest BCUT2D eigenvalue weighted by Gasteiger charge is -2.34. The Kier molecular flexibility index (Phi) is 5.29. The molecule has 2 aromatic rings. The van der Waals surface area contributed by atoms with Crippen LogP contribution in [-0.4, -0.2) is 48.5 Å². The Morgan fingerprint density at radius 3 is 1.78 bits per heavy atom. The van der Waals surface area contributed by atoms with Gasteiger partial charge in [-0.15, -0.1) is 6.58 Å². The molecule has 0 spiro atoms. The van der Waals surface area contributed by atoms with E-state index in [1.807, 2.05) is 6.08 Å². The number of rotatable bonds is 5. The van der Waals surface area contributed by atoms with Crippen molar-refractivity contribution >= 4 is 35.5 Å². The molecule has 1 heterocycles. The second kappa shape index (κ2) is 7.35. The molecule has 0 amide bonds. The minimum Gasteiger partial charge on any atom is -0.378 e. The van der Waals surface area contributed by atoms with Crippen molar-refractivity contribution in [1.29, 1.82) is 0 Å². The molecule has 0 bridgehead atoms. The van der Waals surface area contributed by atoms with Gasteiger partial charge in [0.15, 0.2) is 0 Å². The number of hydrogen-bond acceptors (Lipinski definition) is 2. The van der Waals surface area contributed by atoms with E-state index in [9.17, 15) is 0 Å². The van der Waals surface area contributed by atoms with Gasteiger partial charge in [0.1, 0.15) is 14.6 Å². The van der Waals surface area contributed by atoms with Gasteiger partial charge in [-0.05, 0) is 46.8 Å². The van der Waals surface area contributed by atoms with Gasteiger partial charge in [0.25, 0.3) is 0 Å². The molecule has 27 heavy (non-hydrogen) atoms. The number of fused-ring (bicyclic) bond motifs is 2. The van der Waals surface area contributed by atoms with Crippen LogP contribution in [-0.2, 0) is 0 Å². The molecule has 1 aliphatic heterocycles. The first-order chi connectivity index (χ1) is 12.8. The summed E-state index contributed by atoms with van der Waals surface area (Å²) in [7, 11) is 6.65. The van der Waals surface area contributed by atoms with E-state index in [1.54, 1.807) is 0 Å². The first-order valence-corrected chi connectivity index (χ1v) is 12.6. The predicted molar refractivity (Wildman–Crippen MR) is 122 cm³/mol. The van der Waals surface area contributed by atoms with Crippen LogP contribution in [0.5, 0.6) is 0 Å². The van der Waals surface area contributed by atoms with Crippen LogP contribution < -0.4 is 25.2 Å². The summed E-state index contributed by atoms with van der Waals surface area (Å²) in [6.07, 6.45) is 2.93. The number of nitrogens with one attached hydrogen (secondary N) is 1. The number of anilines is 2. The first-order valence-electron chi connectivity index (χ1n) is 9.63. The maximum absolute atomic E-state index is 3.86. The molecule has 3 nitrogen and oxygen atoms in total. The molecule has 3 rings (SSSR count). The van der Waals surface area contributed by atoms with Gasteiger partial charge >= 0.3 is 0 Å². The van der Waals surface area contributed by atoms with E-state index in [1.165, 1.54) is 38.6 Å². The lowest BCUT2D eigenvalue weighted by atomic mass is 10.00. The van der Waals surface area contributed by atoms with Crippen LogP contribution in [0.3, 0.4) is 0 Å². The molecule has 0 aromatic heterocycles. The summed E-state index contributed by atoms with van der Waals surface area (Å²) in [5.41, 5.74) is 6.54. The summed E-state index contributed by atoms with van der Waals surface area (Å²) in [5.74, 6) is 0. The topological polar surface area (TPSA) is 20.5 Å². The SMILES string of the molecule is C=CCC[NH+]=C1c2ccc(N(C)C)cc2[Si](C)(C)c2cc(N(C)C)ccc21. The van der Waals surface area contributed by atoms with Gasteiger partial charge in [-0.3, -0.25) is 0 Å². The third kappa shape index (κ3) is 3.46. The van der Waals surface area contributed by atoms with Gasteiger partial charge in [-0.1, -0.05) is 19.2 Å². The monoisotopic (exact) mass is 378 g/mol. The molecule has 4 heteroatoms. The number of hydrogen-bond donors (Lipinski definition) is 1. The largest absolute Gasteiger partial charge is 0.378 e. The fraction of sp³-hybridized carbons (Fsp3) is 0.348. The highest BCUT2D eigenvalue weighted by Gasteiger charge is 2.40. The van der Waals surface area contributed by atoms with E-state index in [4.69, 9.17) is 0 Å².